The van der Waals surface area contributed by atoms with Crippen molar-refractivity contribution in [1.82, 2.24) is 10.2 Å². The number of β-amino-alcohol motifs (C(OH)–C–C–N with tert-alkyl or cyclic N) is 1. The SMILES string of the molecule is NC(=O)NC(=O)CCN1CC(O)CC1C(=O)O. The van der Waals surface area contributed by atoms with Crippen LogP contribution in [0.5, 0.6) is 0 Å². The Kier molecular flexibility index (Phi) is 4.41. The first kappa shape index (κ1) is 13.4. The van der Waals surface area contributed by atoms with Crippen LogP contribution in [0.1, 0.15) is 12.8 Å². The molecule has 2 atom stereocenters. The summed E-state index contributed by atoms with van der Waals surface area (Å²) in [5.41, 5.74) is 4.76. The van der Waals surface area contributed by atoms with Crippen molar-refractivity contribution in [3.8, 4) is 0 Å². The zero-order valence-corrected chi connectivity index (χ0v) is 9.13. The third-order valence-electron chi connectivity index (χ3n) is 2.56. The summed E-state index contributed by atoms with van der Waals surface area (Å²) in [5, 5.41) is 20.1. The Morgan fingerprint density at radius 1 is 1.41 bits per heavy atom. The van der Waals surface area contributed by atoms with Gasteiger partial charge in [-0.2, -0.15) is 0 Å². The molecule has 8 heteroatoms. The molecule has 3 amide bonds. The van der Waals surface area contributed by atoms with Crippen LogP contribution in [0.3, 0.4) is 0 Å². The van der Waals surface area contributed by atoms with Crippen LogP contribution >= 0.6 is 0 Å². The number of nitrogens with two attached hydrogens (primary N) is 1. The molecular weight excluding hydrogens is 230 g/mol. The van der Waals surface area contributed by atoms with E-state index in [0.717, 1.165) is 0 Å². The number of nitrogens with zero attached hydrogens (tertiary/aromatic N) is 1. The number of likely N-dealkylation sites (tertiary alicyclic amines) is 1. The molecule has 8 nitrogen and oxygen atoms in total. The molecule has 5 N–H and O–H groups in total. The Hall–Kier alpha value is -1.67. The minimum Gasteiger partial charge on any atom is -0.480 e. The van der Waals surface area contributed by atoms with E-state index in [1.54, 1.807) is 0 Å². The van der Waals surface area contributed by atoms with Crippen LogP contribution < -0.4 is 11.1 Å². The first-order valence-corrected chi connectivity index (χ1v) is 5.14. The number of nitrogens with one attached hydrogen (secondary N) is 1. The lowest BCUT2D eigenvalue weighted by atomic mass is 10.2. The Morgan fingerprint density at radius 2 is 2.06 bits per heavy atom. The number of aliphatic hydroxyl groups is 1. The average Bonchev–Trinajstić information content (AvgIpc) is 2.55. The van der Waals surface area contributed by atoms with E-state index in [0.29, 0.717) is 0 Å². The van der Waals surface area contributed by atoms with E-state index in [1.165, 1.54) is 4.90 Å². The first-order valence-electron chi connectivity index (χ1n) is 5.14. The number of primary amides is 1. The fourth-order valence-corrected chi connectivity index (χ4v) is 1.83. The van der Waals surface area contributed by atoms with E-state index in [9.17, 15) is 19.5 Å². The number of rotatable bonds is 4. The summed E-state index contributed by atoms with van der Waals surface area (Å²) in [6.45, 7) is 0.369. The van der Waals surface area contributed by atoms with Crippen molar-refractivity contribution in [2.75, 3.05) is 13.1 Å². The standard InChI is InChI=1S/C9H15N3O5/c10-9(17)11-7(14)1-2-12-4-5(13)3-6(12)8(15)16/h5-6,13H,1-4H2,(H,15,16)(H3,10,11,14,17). The van der Waals surface area contributed by atoms with Crippen LogP contribution in [0.25, 0.3) is 0 Å². The van der Waals surface area contributed by atoms with E-state index in [4.69, 9.17) is 10.8 Å². The van der Waals surface area contributed by atoms with Crippen molar-refractivity contribution in [2.45, 2.75) is 25.0 Å². The smallest absolute Gasteiger partial charge is 0.321 e. The number of imide groups is 1. The summed E-state index contributed by atoms with van der Waals surface area (Å²) in [4.78, 5) is 33.8. The zero-order chi connectivity index (χ0) is 13.0. The van der Waals surface area contributed by atoms with Gasteiger partial charge in [0.05, 0.1) is 6.10 Å². The molecule has 96 valence electrons. The molecule has 1 saturated heterocycles. The second-order valence-electron chi connectivity index (χ2n) is 3.90. The van der Waals surface area contributed by atoms with E-state index in [1.807, 2.05) is 5.32 Å². The molecular formula is C9H15N3O5. The van der Waals surface area contributed by atoms with Gasteiger partial charge in [-0.1, -0.05) is 0 Å². The minimum absolute atomic E-state index is 0.0422. The molecule has 1 aliphatic rings. The third-order valence-corrected chi connectivity index (χ3v) is 2.56. The Morgan fingerprint density at radius 3 is 2.59 bits per heavy atom. The molecule has 0 aromatic carbocycles. The number of carboxylic acid groups (broad SMARTS) is 1. The van der Waals surface area contributed by atoms with Crippen LogP contribution in [-0.2, 0) is 9.59 Å². The maximum Gasteiger partial charge on any atom is 0.321 e. The average molecular weight is 245 g/mol. The number of hydrogen-bond donors (Lipinski definition) is 4. The second-order valence-corrected chi connectivity index (χ2v) is 3.90. The summed E-state index contributed by atoms with van der Waals surface area (Å²) in [6, 6.07) is -1.72. The third kappa shape index (κ3) is 4.00. The van der Waals surface area contributed by atoms with Crippen molar-refractivity contribution in [1.29, 1.82) is 0 Å². The topological polar surface area (TPSA) is 133 Å². The van der Waals surface area contributed by atoms with Gasteiger partial charge in [0.15, 0.2) is 0 Å². The van der Waals surface area contributed by atoms with E-state index in [2.05, 4.69) is 0 Å². The van der Waals surface area contributed by atoms with Gasteiger partial charge in [0.2, 0.25) is 5.91 Å². The monoisotopic (exact) mass is 245 g/mol. The van der Waals surface area contributed by atoms with Crippen molar-refractivity contribution in [2.24, 2.45) is 5.73 Å². The summed E-state index contributed by atoms with van der Waals surface area (Å²) < 4.78 is 0. The molecule has 0 aromatic rings. The molecule has 0 saturated carbocycles. The summed E-state index contributed by atoms with van der Waals surface area (Å²) in [6.07, 6.45) is -0.595. The van der Waals surface area contributed by atoms with E-state index < -0.39 is 30.1 Å². The highest BCUT2D eigenvalue weighted by molar-refractivity contribution is 5.93. The molecule has 2 unspecified atom stereocenters. The van der Waals surface area contributed by atoms with Gasteiger partial charge >= 0.3 is 12.0 Å². The molecule has 0 aliphatic carbocycles. The molecule has 0 spiro atoms. The van der Waals surface area contributed by atoms with Crippen molar-refractivity contribution < 1.29 is 24.6 Å². The van der Waals surface area contributed by atoms with Gasteiger partial charge in [-0.25, -0.2) is 4.79 Å². The maximum absolute atomic E-state index is 11.1. The lowest BCUT2D eigenvalue weighted by Gasteiger charge is -2.19. The Bertz CT molecular complexity index is 333. The minimum atomic E-state index is -1.03. The molecule has 1 fully saturated rings. The fraction of sp³-hybridized carbons (Fsp3) is 0.667. The normalized spacial score (nSPS) is 24.5. The van der Waals surface area contributed by atoms with Crippen molar-refractivity contribution in [3.63, 3.8) is 0 Å². The number of carboxylic acids is 1. The summed E-state index contributed by atoms with van der Waals surface area (Å²) in [5.74, 6) is -1.60. The van der Waals surface area contributed by atoms with Crippen LogP contribution in [0.15, 0.2) is 0 Å². The van der Waals surface area contributed by atoms with Gasteiger partial charge < -0.3 is 15.9 Å². The van der Waals surface area contributed by atoms with Crippen molar-refractivity contribution >= 4 is 17.9 Å². The van der Waals surface area contributed by atoms with Crippen LogP contribution in [0.4, 0.5) is 4.79 Å². The van der Waals surface area contributed by atoms with Crippen molar-refractivity contribution in [3.05, 3.63) is 0 Å². The van der Waals surface area contributed by atoms with E-state index in [-0.39, 0.29) is 25.9 Å². The van der Waals surface area contributed by atoms with E-state index >= 15 is 0 Å². The van der Waals surface area contributed by atoms with Gasteiger partial charge in [0, 0.05) is 25.9 Å². The first-order chi connectivity index (χ1) is 7.90. The number of aliphatic carboxylic acids is 1. The highest BCUT2D eigenvalue weighted by Crippen LogP contribution is 2.18. The lowest BCUT2D eigenvalue weighted by molar-refractivity contribution is -0.142. The summed E-state index contributed by atoms with van der Waals surface area (Å²) >= 11 is 0. The number of carbonyl (C=O) groups excluding carboxylic acids is 2. The highest BCUT2D eigenvalue weighted by atomic mass is 16.4. The second kappa shape index (κ2) is 5.60. The zero-order valence-electron chi connectivity index (χ0n) is 9.13. The molecule has 1 aliphatic heterocycles. The molecule has 1 rings (SSSR count). The van der Waals surface area contributed by atoms with Crippen LogP contribution in [0.2, 0.25) is 0 Å². The predicted molar refractivity (Wildman–Crippen MR) is 56.0 cm³/mol. The summed E-state index contributed by atoms with van der Waals surface area (Å²) in [7, 11) is 0. The number of carbonyl (C=O) groups is 3. The van der Waals surface area contributed by atoms with Gasteiger partial charge in [-0.3, -0.25) is 19.8 Å². The molecule has 1 heterocycles. The molecule has 0 aromatic heterocycles. The molecule has 17 heavy (non-hydrogen) atoms. The van der Waals surface area contributed by atoms with Gasteiger partial charge in [-0.05, 0) is 0 Å². The maximum atomic E-state index is 11.1. The number of urea groups is 1. The van der Waals surface area contributed by atoms with Crippen LogP contribution in [0, 0.1) is 0 Å². The largest absolute Gasteiger partial charge is 0.480 e. The molecule has 0 bridgehead atoms. The van der Waals surface area contributed by atoms with Gasteiger partial charge in [0.1, 0.15) is 6.04 Å². The lowest BCUT2D eigenvalue weighted by Crippen LogP contribution is -2.40. The predicted octanol–water partition coefficient (Wildman–Crippen LogP) is -1.91. The quantitative estimate of drug-likeness (QED) is 0.457. The number of aliphatic hydroxyl groups excluding tert-OH is 1. The van der Waals surface area contributed by atoms with Crippen LogP contribution in [-0.4, -0.2) is 58.3 Å². The number of amides is 3. The Labute approximate surface area is 97.4 Å². The van der Waals surface area contributed by atoms with Gasteiger partial charge in [0.25, 0.3) is 0 Å². The van der Waals surface area contributed by atoms with Gasteiger partial charge in [-0.15, -0.1) is 0 Å². The molecule has 0 radical (unpaired) electrons. The number of hydrogen-bond acceptors (Lipinski definition) is 5. The fourth-order valence-electron chi connectivity index (χ4n) is 1.83. The highest BCUT2D eigenvalue weighted by Gasteiger charge is 2.35. The Balaban J connectivity index is 2.42.